The van der Waals surface area contributed by atoms with Crippen LogP contribution in [0.25, 0.3) is 11.0 Å². The molecule has 1 atom stereocenters. The summed E-state index contributed by atoms with van der Waals surface area (Å²) in [4.78, 5) is 12.8. The van der Waals surface area contributed by atoms with Crippen molar-refractivity contribution in [2.75, 3.05) is 18.4 Å². The average molecular weight is 414 g/mol. The largest absolute Gasteiger partial charge is 0.326 e. The third kappa shape index (κ3) is 3.88. The Bertz CT molecular complexity index is 1120. The predicted molar refractivity (Wildman–Crippen MR) is 108 cm³/mol. The van der Waals surface area contributed by atoms with E-state index in [1.807, 2.05) is 24.3 Å². The first kappa shape index (κ1) is 19.5. The third-order valence-electron chi connectivity index (χ3n) is 5.25. The molecule has 1 aliphatic rings. The van der Waals surface area contributed by atoms with Crippen LogP contribution in [-0.4, -0.2) is 42.0 Å². The van der Waals surface area contributed by atoms with Crippen molar-refractivity contribution >= 4 is 32.7 Å². The molecule has 0 bridgehead atoms. The van der Waals surface area contributed by atoms with Gasteiger partial charge in [-0.15, -0.1) is 0 Å². The highest BCUT2D eigenvalue weighted by Gasteiger charge is 2.34. The number of piperidine rings is 1. The van der Waals surface area contributed by atoms with Crippen LogP contribution in [0.2, 0.25) is 0 Å². The molecule has 1 aliphatic heterocycles. The van der Waals surface area contributed by atoms with Crippen molar-refractivity contribution in [3.8, 4) is 0 Å². The summed E-state index contributed by atoms with van der Waals surface area (Å²) in [6, 6.07) is 12.4. The van der Waals surface area contributed by atoms with Crippen LogP contribution < -0.4 is 5.32 Å². The quantitative estimate of drug-likeness (QED) is 0.688. The van der Waals surface area contributed by atoms with Crippen molar-refractivity contribution < 1.29 is 17.8 Å². The molecule has 9 heteroatoms. The van der Waals surface area contributed by atoms with Gasteiger partial charge in [-0.2, -0.15) is 4.31 Å². The summed E-state index contributed by atoms with van der Waals surface area (Å²) in [5.74, 6) is -0.588. The van der Waals surface area contributed by atoms with Gasteiger partial charge in [0.15, 0.2) is 5.52 Å². The van der Waals surface area contributed by atoms with Crippen LogP contribution >= 0.6 is 0 Å². The highest BCUT2D eigenvalue weighted by molar-refractivity contribution is 7.89. The van der Waals surface area contributed by atoms with Crippen molar-refractivity contribution in [3.63, 3.8) is 0 Å². The smallest absolute Gasteiger partial charge is 0.245 e. The zero-order valence-corrected chi connectivity index (χ0v) is 16.9. The fraction of sp³-hybridized carbons (Fsp3) is 0.350. The Morgan fingerprint density at radius 1 is 1.21 bits per heavy atom. The van der Waals surface area contributed by atoms with Crippen molar-refractivity contribution in [1.29, 1.82) is 0 Å². The number of rotatable bonds is 5. The molecular formula is C20H22N4O4S. The minimum Gasteiger partial charge on any atom is -0.326 e. The number of nitrogens with one attached hydrogen (secondary N) is 1. The van der Waals surface area contributed by atoms with Crippen molar-refractivity contribution in [2.45, 2.75) is 31.1 Å². The van der Waals surface area contributed by atoms with Crippen LogP contribution in [0.1, 0.15) is 25.3 Å². The average Bonchev–Trinajstić information content (AvgIpc) is 3.23. The Labute approximate surface area is 168 Å². The molecule has 1 amide bonds. The molecular weight excluding hydrogens is 392 g/mol. The van der Waals surface area contributed by atoms with E-state index in [9.17, 15) is 13.2 Å². The van der Waals surface area contributed by atoms with Gasteiger partial charge in [-0.05, 0) is 59.4 Å². The molecule has 1 saturated heterocycles. The number of nitrogens with zero attached hydrogens (tertiary/aromatic N) is 3. The summed E-state index contributed by atoms with van der Waals surface area (Å²) >= 11 is 0. The van der Waals surface area contributed by atoms with E-state index in [2.05, 4.69) is 27.2 Å². The summed E-state index contributed by atoms with van der Waals surface area (Å²) in [5.41, 5.74) is 2.49. The molecule has 0 spiro atoms. The summed E-state index contributed by atoms with van der Waals surface area (Å²) in [7, 11) is -3.82. The molecule has 3 aromatic rings. The molecule has 0 aliphatic carbocycles. The Kier molecular flexibility index (Phi) is 5.33. The molecule has 0 radical (unpaired) electrons. The molecule has 152 valence electrons. The van der Waals surface area contributed by atoms with E-state index in [0.717, 1.165) is 6.42 Å². The van der Waals surface area contributed by atoms with Gasteiger partial charge < -0.3 is 5.32 Å². The molecule has 1 aromatic heterocycles. The SMILES string of the molecule is CCc1ccc(NC(=O)[C@H]2CCCN(S(=O)(=O)c3cccc4nonc34)C2)cc1. The third-order valence-corrected chi connectivity index (χ3v) is 7.15. The first-order chi connectivity index (χ1) is 14.0. The van der Waals surface area contributed by atoms with E-state index < -0.39 is 15.9 Å². The Hall–Kier alpha value is -2.78. The second-order valence-corrected chi connectivity index (χ2v) is 9.04. The van der Waals surface area contributed by atoms with Crippen LogP contribution in [0.5, 0.6) is 0 Å². The number of benzene rings is 2. The molecule has 1 N–H and O–H groups in total. The van der Waals surface area contributed by atoms with E-state index in [1.54, 1.807) is 12.1 Å². The lowest BCUT2D eigenvalue weighted by Crippen LogP contribution is -2.43. The minimum absolute atomic E-state index is 0.0486. The number of hydrogen-bond donors (Lipinski definition) is 1. The number of amides is 1. The maximum Gasteiger partial charge on any atom is 0.245 e. The summed E-state index contributed by atoms with van der Waals surface area (Å²) in [6.45, 7) is 2.56. The highest BCUT2D eigenvalue weighted by Crippen LogP contribution is 2.28. The molecule has 0 unspecified atom stereocenters. The zero-order valence-electron chi connectivity index (χ0n) is 16.0. The van der Waals surface area contributed by atoms with Crippen LogP contribution in [0.15, 0.2) is 52.0 Å². The van der Waals surface area contributed by atoms with Crippen LogP contribution in [-0.2, 0) is 21.2 Å². The second-order valence-electron chi connectivity index (χ2n) is 7.13. The number of sulfonamides is 1. The van der Waals surface area contributed by atoms with Gasteiger partial charge in [0.25, 0.3) is 0 Å². The van der Waals surface area contributed by atoms with Crippen LogP contribution in [0.3, 0.4) is 0 Å². The first-order valence-corrected chi connectivity index (χ1v) is 11.0. The maximum absolute atomic E-state index is 13.2. The molecule has 4 rings (SSSR count). The maximum atomic E-state index is 13.2. The second kappa shape index (κ2) is 7.92. The number of anilines is 1. The van der Waals surface area contributed by atoms with Gasteiger partial charge in [0.2, 0.25) is 15.9 Å². The highest BCUT2D eigenvalue weighted by atomic mass is 32.2. The van der Waals surface area contributed by atoms with Gasteiger partial charge in [-0.25, -0.2) is 13.0 Å². The summed E-state index contributed by atoms with van der Waals surface area (Å²) < 4.78 is 32.4. The van der Waals surface area contributed by atoms with Crippen molar-refractivity contribution in [2.24, 2.45) is 5.92 Å². The molecule has 8 nitrogen and oxygen atoms in total. The lowest BCUT2D eigenvalue weighted by Gasteiger charge is -2.31. The van der Waals surface area contributed by atoms with Crippen molar-refractivity contribution in [3.05, 3.63) is 48.0 Å². The number of carbonyl (C=O) groups is 1. The lowest BCUT2D eigenvalue weighted by molar-refractivity contribution is -0.120. The minimum atomic E-state index is -3.82. The van der Waals surface area contributed by atoms with E-state index in [0.29, 0.717) is 30.6 Å². The van der Waals surface area contributed by atoms with Gasteiger partial charge in [0.1, 0.15) is 10.4 Å². The number of carbonyl (C=O) groups excluding carboxylic acids is 1. The van der Waals surface area contributed by atoms with E-state index in [4.69, 9.17) is 0 Å². The van der Waals surface area contributed by atoms with E-state index in [1.165, 1.54) is 15.9 Å². The van der Waals surface area contributed by atoms with Gasteiger partial charge >= 0.3 is 0 Å². The number of hydrogen-bond acceptors (Lipinski definition) is 6. The lowest BCUT2D eigenvalue weighted by atomic mass is 9.98. The number of aryl methyl sites for hydroxylation is 1. The number of aromatic nitrogens is 2. The van der Waals surface area contributed by atoms with Gasteiger partial charge in [-0.1, -0.05) is 25.1 Å². The molecule has 1 fully saturated rings. The zero-order chi connectivity index (χ0) is 20.4. The normalized spacial score (nSPS) is 18.0. The molecule has 2 heterocycles. The monoisotopic (exact) mass is 414 g/mol. The van der Waals surface area contributed by atoms with Crippen molar-refractivity contribution in [1.82, 2.24) is 14.6 Å². The summed E-state index contributed by atoms with van der Waals surface area (Å²) in [5, 5.41) is 10.3. The Morgan fingerprint density at radius 2 is 2.00 bits per heavy atom. The van der Waals surface area contributed by atoms with E-state index in [-0.39, 0.29) is 22.9 Å². The topological polar surface area (TPSA) is 105 Å². The van der Waals surface area contributed by atoms with Gasteiger partial charge in [-0.3, -0.25) is 4.79 Å². The Balaban J connectivity index is 1.51. The summed E-state index contributed by atoms with van der Waals surface area (Å²) in [6.07, 6.45) is 2.18. The standard InChI is InChI=1S/C20H22N4O4S/c1-2-14-8-10-16(11-9-14)21-20(25)15-5-4-12-24(13-15)29(26,27)18-7-3-6-17-19(18)23-28-22-17/h3,6-11,15H,2,4-5,12-13H2,1H3,(H,21,25)/t15-/m0/s1. The predicted octanol–water partition coefficient (Wildman–Crippen LogP) is 2.82. The number of fused-ring (bicyclic) bond motifs is 1. The molecule has 0 saturated carbocycles. The van der Waals surface area contributed by atoms with Crippen LogP contribution in [0.4, 0.5) is 5.69 Å². The fourth-order valence-corrected chi connectivity index (χ4v) is 5.23. The Morgan fingerprint density at radius 3 is 2.76 bits per heavy atom. The molecule has 29 heavy (non-hydrogen) atoms. The van der Waals surface area contributed by atoms with E-state index >= 15 is 0 Å². The van der Waals surface area contributed by atoms with Gasteiger partial charge in [0, 0.05) is 18.8 Å². The van der Waals surface area contributed by atoms with Crippen LogP contribution in [0, 0.1) is 5.92 Å². The van der Waals surface area contributed by atoms with Gasteiger partial charge in [0.05, 0.1) is 5.92 Å². The first-order valence-electron chi connectivity index (χ1n) is 9.60. The molecule has 2 aromatic carbocycles. The fourth-order valence-electron chi connectivity index (χ4n) is 3.57.